The zero-order valence-electron chi connectivity index (χ0n) is 9.97. The van der Waals surface area contributed by atoms with Crippen LogP contribution < -0.4 is 11.4 Å². The molecule has 0 saturated heterocycles. The molecule has 0 aliphatic carbocycles. The fourth-order valence-corrected chi connectivity index (χ4v) is 1.84. The van der Waals surface area contributed by atoms with Gasteiger partial charge in [-0.05, 0) is 18.2 Å². The van der Waals surface area contributed by atoms with Crippen molar-refractivity contribution in [1.29, 1.82) is 0 Å². The Morgan fingerprint density at radius 2 is 2.05 bits per heavy atom. The zero-order chi connectivity index (χ0) is 13.2. The van der Waals surface area contributed by atoms with Crippen LogP contribution in [0.4, 0.5) is 0 Å². The highest BCUT2D eigenvalue weighted by molar-refractivity contribution is 5.58. The van der Waals surface area contributed by atoms with Gasteiger partial charge >= 0.3 is 0 Å². The molecule has 0 amide bonds. The normalized spacial score (nSPS) is 10.5. The highest BCUT2D eigenvalue weighted by atomic mass is 16.1. The summed E-state index contributed by atoms with van der Waals surface area (Å²) in [6.45, 7) is 0. The number of nitrogens with two attached hydrogens (primary N) is 1. The number of hydrogen-bond donors (Lipinski definition) is 1. The summed E-state index contributed by atoms with van der Waals surface area (Å²) in [5.41, 5.74) is 1.59. The predicted molar refractivity (Wildman–Crippen MR) is 71.2 cm³/mol. The lowest BCUT2D eigenvalue weighted by Gasteiger charge is -2.10. The van der Waals surface area contributed by atoms with Crippen LogP contribution in [-0.2, 0) is 0 Å². The van der Waals surface area contributed by atoms with Crippen LogP contribution in [0.15, 0.2) is 60.0 Å². The van der Waals surface area contributed by atoms with Crippen LogP contribution in [0.2, 0.25) is 0 Å². The molecule has 0 saturated carbocycles. The van der Waals surface area contributed by atoms with E-state index in [2.05, 4.69) is 9.97 Å². The third-order valence-corrected chi connectivity index (χ3v) is 2.78. The summed E-state index contributed by atoms with van der Waals surface area (Å²) in [4.78, 5) is 20.1. The number of aromatic nitrogens is 4. The molecule has 6 heteroatoms. The molecule has 0 spiro atoms. The van der Waals surface area contributed by atoms with Crippen LogP contribution in [0.5, 0.6) is 0 Å². The lowest BCUT2D eigenvalue weighted by Crippen LogP contribution is -2.28. The van der Waals surface area contributed by atoms with Crippen LogP contribution in [0.3, 0.4) is 0 Å². The van der Waals surface area contributed by atoms with Gasteiger partial charge in [-0.2, -0.15) is 0 Å². The van der Waals surface area contributed by atoms with Crippen molar-refractivity contribution >= 4 is 0 Å². The second-order valence-electron chi connectivity index (χ2n) is 3.99. The van der Waals surface area contributed by atoms with Gasteiger partial charge in [-0.15, -0.1) is 0 Å². The van der Waals surface area contributed by atoms with Crippen molar-refractivity contribution in [3.05, 3.63) is 65.6 Å². The van der Waals surface area contributed by atoms with E-state index in [-0.39, 0.29) is 5.56 Å². The Morgan fingerprint density at radius 1 is 1.16 bits per heavy atom. The molecular formula is C13H11N5O. The van der Waals surface area contributed by atoms with Crippen molar-refractivity contribution in [3.8, 4) is 17.1 Å². The van der Waals surface area contributed by atoms with Crippen molar-refractivity contribution < 1.29 is 0 Å². The minimum Gasteiger partial charge on any atom is -0.336 e. The molecule has 0 aromatic carbocycles. The number of nitrogens with zero attached hydrogens (tertiary/aromatic N) is 4. The first-order valence-electron chi connectivity index (χ1n) is 5.67. The molecule has 0 aliphatic heterocycles. The number of imidazole rings is 1. The van der Waals surface area contributed by atoms with Gasteiger partial charge in [-0.25, -0.2) is 9.66 Å². The standard InChI is InChI=1S/C13H11N5O/c14-18-12(11-3-1-2-4-16-11)7-10(8-13(18)19)17-6-5-15-9-17/h1-9H,14H2. The Kier molecular flexibility index (Phi) is 2.60. The summed E-state index contributed by atoms with van der Waals surface area (Å²) in [6.07, 6.45) is 6.69. The van der Waals surface area contributed by atoms with Gasteiger partial charge in [-0.3, -0.25) is 9.78 Å². The average molecular weight is 253 g/mol. The summed E-state index contributed by atoms with van der Waals surface area (Å²) in [7, 11) is 0. The quantitative estimate of drug-likeness (QED) is 0.685. The van der Waals surface area contributed by atoms with Gasteiger partial charge in [0.25, 0.3) is 5.56 Å². The van der Waals surface area contributed by atoms with Crippen molar-refractivity contribution in [2.24, 2.45) is 0 Å². The SMILES string of the molecule is Nn1c(-c2ccccn2)cc(-n2ccnc2)cc1=O. The van der Waals surface area contributed by atoms with E-state index < -0.39 is 0 Å². The van der Waals surface area contributed by atoms with E-state index in [4.69, 9.17) is 5.84 Å². The van der Waals surface area contributed by atoms with E-state index in [1.54, 1.807) is 41.6 Å². The molecule has 3 aromatic heterocycles. The molecule has 0 bridgehead atoms. The summed E-state index contributed by atoms with van der Waals surface area (Å²) in [5.74, 6) is 5.78. The van der Waals surface area contributed by atoms with Crippen LogP contribution in [0.1, 0.15) is 0 Å². The molecular weight excluding hydrogens is 242 g/mol. The fraction of sp³-hybridized carbons (Fsp3) is 0. The largest absolute Gasteiger partial charge is 0.336 e. The Balaban J connectivity index is 2.23. The maximum Gasteiger partial charge on any atom is 0.271 e. The minimum atomic E-state index is -0.299. The number of nitrogen functional groups attached to an aromatic ring is 1. The third kappa shape index (κ3) is 1.99. The minimum absolute atomic E-state index is 0.299. The smallest absolute Gasteiger partial charge is 0.271 e. The van der Waals surface area contributed by atoms with Crippen molar-refractivity contribution in [3.63, 3.8) is 0 Å². The fourth-order valence-electron chi connectivity index (χ4n) is 1.84. The number of pyridine rings is 2. The second-order valence-corrected chi connectivity index (χ2v) is 3.99. The van der Waals surface area contributed by atoms with Crippen LogP contribution >= 0.6 is 0 Å². The molecule has 3 aromatic rings. The highest BCUT2D eigenvalue weighted by Gasteiger charge is 2.08. The van der Waals surface area contributed by atoms with Crippen molar-refractivity contribution in [2.45, 2.75) is 0 Å². The predicted octanol–water partition coefficient (Wildman–Crippen LogP) is 0.810. The molecule has 2 N–H and O–H groups in total. The lowest BCUT2D eigenvalue weighted by atomic mass is 10.2. The first-order valence-corrected chi connectivity index (χ1v) is 5.67. The molecule has 19 heavy (non-hydrogen) atoms. The highest BCUT2D eigenvalue weighted by Crippen LogP contribution is 2.16. The Morgan fingerprint density at radius 3 is 2.74 bits per heavy atom. The van der Waals surface area contributed by atoms with E-state index in [9.17, 15) is 4.79 Å². The monoisotopic (exact) mass is 253 g/mol. The maximum absolute atomic E-state index is 11.9. The van der Waals surface area contributed by atoms with Crippen molar-refractivity contribution in [1.82, 2.24) is 19.2 Å². The topological polar surface area (TPSA) is 78.7 Å². The first-order chi connectivity index (χ1) is 9.25. The van der Waals surface area contributed by atoms with Gasteiger partial charge < -0.3 is 10.4 Å². The molecule has 0 atom stereocenters. The van der Waals surface area contributed by atoms with Gasteiger partial charge in [0, 0.05) is 24.7 Å². The molecule has 6 nitrogen and oxygen atoms in total. The van der Waals surface area contributed by atoms with E-state index >= 15 is 0 Å². The van der Waals surface area contributed by atoms with Crippen LogP contribution in [0.25, 0.3) is 17.1 Å². The maximum atomic E-state index is 11.9. The van der Waals surface area contributed by atoms with Crippen LogP contribution in [-0.4, -0.2) is 19.2 Å². The molecule has 94 valence electrons. The summed E-state index contributed by atoms with van der Waals surface area (Å²) >= 11 is 0. The Labute approximate surface area is 108 Å². The van der Waals surface area contributed by atoms with E-state index in [1.807, 2.05) is 12.1 Å². The van der Waals surface area contributed by atoms with Gasteiger partial charge in [-0.1, -0.05) is 6.07 Å². The van der Waals surface area contributed by atoms with E-state index in [0.29, 0.717) is 17.1 Å². The second kappa shape index (κ2) is 4.41. The van der Waals surface area contributed by atoms with Crippen LogP contribution in [0, 0.1) is 0 Å². The molecule has 0 fully saturated rings. The zero-order valence-corrected chi connectivity index (χ0v) is 9.97. The van der Waals surface area contributed by atoms with E-state index in [0.717, 1.165) is 4.68 Å². The summed E-state index contributed by atoms with van der Waals surface area (Å²) in [5, 5.41) is 0. The lowest BCUT2D eigenvalue weighted by molar-refractivity contribution is 0.921. The van der Waals surface area contributed by atoms with Gasteiger partial charge in [0.15, 0.2) is 0 Å². The molecule has 0 radical (unpaired) electrons. The van der Waals surface area contributed by atoms with Gasteiger partial charge in [0.2, 0.25) is 0 Å². The molecule has 3 rings (SSSR count). The van der Waals surface area contributed by atoms with Gasteiger partial charge in [0.1, 0.15) is 0 Å². The average Bonchev–Trinajstić information content (AvgIpc) is 2.97. The number of rotatable bonds is 2. The number of hydrogen-bond acceptors (Lipinski definition) is 4. The third-order valence-electron chi connectivity index (χ3n) is 2.78. The molecule has 0 unspecified atom stereocenters. The first kappa shape index (κ1) is 11.2. The van der Waals surface area contributed by atoms with Crippen molar-refractivity contribution in [2.75, 3.05) is 5.84 Å². The summed E-state index contributed by atoms with van der Waals surface area (Å²) in [6, 6.07) is 8.70. The summed E-state index contributed by atoms with van der Waals surface area (Å²) < 4.78 is 2.83. The Hall–Kier alpha value is -2.89. The van der Waals surface area contributed by atoms with E-state index in [1.165, 1.54) is 6.07 Å². The Bertz CT molecular complexity index is 746. The molecule has 0 aliphatic rings. The van der Waals surface area contributed by atoms with Gasteiger partial charge in [0.05, 0.1) is 23.4 Å². The molecule has 3 heterocycles.